The molecule has 0 fully saturated rings. The number of halogens is 2. The number of rotatable bonds is 2. The Morgan fingerprint density at radius 3 is 2.92 bits per heavy atom. The second-order valence-electron chi connectivity index (χ2n) is 2.66. The molecule has 0 aromatic heterocycles. The van der Waals surface area contributed by atoms with Crippen LogP contribution >= 0.6 is 0 Å². The van der Waals surface area contributed by atoms with Crippen molar-refractivity contribution in [2.75, 3.05) is 6.61 Å². The van der Waals surface area contributed by atoms with Gasteiger partial charge in [-0.2, -0.15) is 0 Å². The molecule has 0 saturated carbocycles. The minimum Gasteiger partial charge on any atom is -0.481 e. The minimum atomic E-state index is -1.50. The van der Waals surface area contributed by atoms with Crippen molar-refractivity contribution in [3.8, 4) is 0 Å². The van der Waals surface area contributed by atoms with Crippen molar-refractivity contribution >= 4 is 5.90 Å². The van der Waals surface area contributed by atoms with Gasteiger partial charge in [-0.15, -0.1) is 0 Å². The van der Waals surface area contributed by atoms with Crippen LogP contribution in [0.25, 0.3) is 0 Å². The van der Waals surface area contributed by atoms with E-state index in [4.69, 9.17) is 10.1 Å². The molecule has 0 radical (unpaired) electrons. The number of ether oxygens (including phenoxy) is 1. The molecule has 0 amide bonds. The summed E-state index contributed by atoms with van der Waals surface area (Å²) in [4.78, 5) is 0. The van der Waals surface area contributed by atoms with Crippen molar-refractivity contribution in [3.63, 3.8) is 0 Å². The van der Waals surface area contributed by atoms with Crippen LogP contribution in [0, 0.1) is 11.3 Å². The zero-order valence-electron chi connectivity index (χ0n) is 7.26. The standard InChI is InChI=1S/C9H11F2NO/c1-2-13-9(12)8-6(10)4-3-5-7(8)11/h3-6,8,12H,2H2,1H3. The summed E-state index contributed by atoms with van der Waals surface area (Å²) >= 11 is 0. The molecular formula is C9H11F2NO. The molecule has 4 heteroatoms. The van der Waals surface area contributed by atoms with Crippen molar-refractivity contribution in [1.29, 1.82) is 5.41 Å². The molecule has 0 heterocycles. The normalized spacial score (nSPS) is 26.8. The molecule has 1 rings (SSSR count). The van der Waals surface area contributed by atoms with Gasteiger partial charge in [-0.05, 0) is 19.1 Å². The Hall–Kier alpha value is -1.19. The van der Waals surface area contributed by atoms with E-state index in [1.54, 1.807) is 6.92 Å². The summed E-state index contributed by atoms with van der Waals surface area (Å²) in [6, 6.07) is 0. The summed E-state index contributed by atoms with van der Waals surface area (Å²) in [6.07, 6.45) is 2.16. The lowest BCUT2D eigenvalue weighted by molar-refractivity contribution is 0.251. The van der Waals surface area contributed by atoms with Crippen LogP contribution in [0.15, 0.2) is 24.1 Å². The molecule has 1 aliphatic carbocycles. The van der Waals surface area contributed by atoms with Gasteiger partial charge in [-0.1, -0.05) is 6.08 Å². The van der Waals surface area contributed by atoms with E-state index in [1.807, 2.05) is 0 Å². The van der Waals surface area contributed by atoms with Gasteiger partial charge in [0.15, 0.2) is 5.90 Å². The SMILES string of the molecule is CCOC(=N)C1C(F)=CC=CC1F. The molecule has 0 spiro atoms. The summed E-state index contributed by atoms with van der Waals surface area (Å²) in [7, 11) is 0. The zero-order valence-corrected chi connectivity index (χ0v) is 7.26. The van der Waals surface area contributed by atoms with Gasteiger partial charge >= 0.3 is 0 Å². The molecule has 2 atom stereocenters. The molecule has 2 nitrogen and oxygen atoms in total. The van der Waals surface area contributed by atoms with Crippen LogP contribution in [0.5, 0.6) is 0 Å². The Morgan fingerprint density at radius 2 is 2.38 bits per heavy atom. The zero-order chi connectivity index (χ0) is 9.84. The molecule has 0 aromatic carbocycles. The maximum absolute atomic E-state index is 13.1. The van der Waals surface area contributed by atoms with Gasteiger partial charge in [0.1, 0.15) is 17.9 Å². The van der Waals surface area contributed by atoms with Crippen molar-refractivity contribution in [3.05, 3.63) is 24.1 Å². The van der Waals surface area contributed by atoms with Crippen LogP contribution in [0.1, 0.15) is 6.92 Å². The third kappa shape index (κ3) is 2.14. The first-order valence-corrected chi connectivity index (χ1v) is 4.06. The summed E-state index contributed by atoms with van der Waals surface area (Å²) in [5.41, 5.74) is 0. The van der Waals surface area contributed by atoms with E-state index >= 15 is 0 Å². The van der Waals surface area contributed by atoms with Gasteiger partial charge in [0, 0.05) is 0 Å². The average molecular weight is 187 g/mol. The number of alkyl halides is 1. The van der Waals surface area contributed by atoms with Crippen LogP contribution in [0.2, 0.25) is 0 Å². The van der Waals surface area contributed by atoms with Crippen molar-refractivity contribution in [1.82, 2.24) is 0 Å². The molecule has 1 N–H and O–H groups in total. The van der Waals surface area contributed by atoms with E-state index in [1.165, 1.54) is 12.2 Å². The molecule has 0 bridgehead atoms. The van der Waals surface area contributed by atoms with Crippen LogP contribution in [-0.4, -0.2) is 18.7 Å². The maximum Gasteiger partial charge on any atom is 0.193 e. The summed E-state index contributed by atoms with van der Waals surface area (Å²) in [5.74, 6) is -2.20. The smallest absolute Gasteiger partial charge is 0.193 e. The third-order valence-electron chi connectivity index (χ3n) is 1.75. The molecule has 0 aliphatic heterocycles. The van der Waals surface area contributed by atoms with Gasteiger partial charge in [0.05, 0.1) is 6.61 Å². The van der Waals surface area contributed by atoms with Crippen molar-refractivity contribution < 1.29 is 13.5 Å². The first kappa shape index (κ1) is 9.89. The first-order valence-electron chi connectivity index (χ1n) is 4.06. The number of hydrogen-bond donors (Lipinski definition) is 1. The van der Waals surface area contributed by atoms with Crippen LogP contribution in [0.3, 0.4) is 0 Å². The van der Waals surface area contributed by atoms with Crippen LogP contribution in [0.4, 0.5) is 8.78 Å². The van der Waals surface area contributed by atoms with Gasteiger partial charge in [0.2, 0.25) is 0 Å². The topological polar surface area (TPSA) is 33.1 Å². The highest BCUT2D eigenvalue weighted by molar-refractivity contribution is 5.79. The number of allylic oxidation sites excluding steroid dienone is 3. The van der Waals surface area contributed by atoms with E-state index in [0.717, 1.165) is 6.08 Å². The van der Waals surface area contributed by atoms with E-state index in [2.05, 4.69) is 0 Å². The monoisotopic (exact) mass is 187 g/mol. The van der Waals surface area contributed by atoms with E-state index in [0.29, 0.717) is 0 Å². The van der Waals surface area contributed by atoms with Crippen molar-refractivity contribution in [2.24, 2.45) is 5.92 Å². The minimum absolute atomic E-state index is 0.249. The largest absolute Gasteiger partial charge is 0.481 e. The molecule has 72 valence electrons. The fourth-order valence-electron chi connectivity index (χ4n) is 1.14. The predicted molar refractivity (Wildman–Crippen MR) is 46.1 cm³/mol. The second kappa shape index (κ2) is 4.16. The Labute approximate surface area is 75.4 Å². The van der Waals surface area contributed by atoms with E-state index < -0.39 is 17.9 Å². The van der Waals surface area contributed by atoms with Crippen LogP contribution in [-0.2, 0) is 4.74 Å². The highest BCUT2D eigenvalue weighted by Crippen LogP contribution is 2.25. The highest BCUT2D eigenvalue weighted by atomic mass is 19.1. The lowest BCUT2D eigenvalue weighted by Crippen LogP contribution is -2.27. The Kier molecular flexibility index (Phi) is 3.17. The highest BCUT2D eigenvalue weighted by Gasteiger charge is 2.30. The van der Waals surface area contributed by atoms with Crippen LogP contribution < -0.4 is 0 Å². The maximum atomic E-state index is 13.1. The fraction of sp³-hybridized carbons (Fsp3) is 0.444. The second-order valence-corrected chi connectivity index (χ2v) is 2.66. The van der Waals surface area contributed by atoms with Gasteiger partial charge in [-0.3, -0.25) is 5.41 Å². The third-order valence-corrected chi connectivity index (χ3v) is 1.75. The quantitative estimate of drug-likeness (QED) is 0.522. The number of hydrogen-bond acceptors (Lipinski definition) is 2. The van der Waals surface area contributed by atoms with Gasteiger partial charge < -0.3 is 4.74 Å². The lowest BCUT2D eigenvalue weighted by atomic mass is 9.97. The fourth-order valence-corrected chi connectivity index (χ4v) is 1.14. The lowest BCUT2D eigenvalue weighted by Gasteiger charge is -2.19. The summed E-state index contributed by atoms with van der Waals surface area (Å²) < 4.78 is 30.9. The molecule has 0 saturated heterocycles. The van der Waals surface area contributed by atoms with Crippen molar-refractivity contribution in [2.45, 2.75) is 13.1 Å². The van der Waals surface area contributed by atoms with Gasteiger partial charge in [0.25, 0.3) is 0 Å². The molecule has 1 aliphatic rings. The molecular weight excluding hydrogens is 176 g/mol. The van der Waals surface area contributed by atoms with Gasteiger partial charge in [-0.25, -0.2) is 8.78 Å². The van der Waals surface area contributed by atoms with E-state index in [9.17, 15) is 8.78 Å². The Bertz CT molecular complexity index is 260. The summed E-state index contributed by atoms with van der Waals surface area (Å²) in [5, 5.41) is 7.27. The molecule has 0 aromatic rings. The number of nitrogens with one attached hydrogen (secondary N) is 1. The Balaban J connectivity index is 2.73. The first-order chi connectivity index (χ1) is 6.16. The molecule has 2 unspecified atom stereocenters. The average Bonchev–Trinajstić information content (AvgIpc) is 2.04. The summed E-state index contributed by atoms with van der Waals surface area (Å²) in [6.45, 7) is 1.92. The molecule has 13 heavy (non-hydrogen) atoms. The predicted octanol–water partition coefficient (Wildman–Crippen LogP) is 2.38. The van der Waals surface area contributed by atoms with E-state index in [-0.39, 0.29) is 12.5 Å². The Morgan fingerprint density at radius 1 is 1.69 bits per heavy atom.